The molecule has 0 unspecified atom stereocenters. The van der Waals surface area contributed by atoms with Crippen LogP contribution in [-0.2, 0) is 11.3 Å². The highest BCUT2D eigenvalue weighted by Crippen LogP contribution is 2.23. The van der Waals surface area contributed by atoms with E-state index in [-0.39, 0.29) is 11.7 Å². The van der Waals surface area contributed by atoms with E-state index in [1.165, 1.54) is 11.8 Å². The van der Waals surface area contributed by atoms with Crippen LogP contribution >= 0.6 is 23.4 Å². The van der Waals surface area contributed by atoms with Crippen molar-refractivity contribution >= 4 is 34.9 Å². The van der Waals surface area contributed by atoms with Crippen LogP contribution in [0, 0.1) is 0 Å². The Morgan fingerprint density at radius 2 is 1.93 bits per heavy atom. The second-order valence-electron chi connectivity index (χ2n) is 6.49. The minimum atomic E-state index is -0.0774. The molecule has 30 heavy (non-hydrogen) atoms. The molecule has 0 fully saturated rings. The Labute approximate surface area is 183 Å². The first-order chi connectivity index (χ1) is 14.6. The molecule has 8 heteroatoms. The van der Waals surface area contributed by atoms with Crippen molar-refractivity contribution in [1.82, 2.24) is 19.9 Å². The van der Waals surface area contributed by atoms with Gasteiger partial charge in [0.2, 0.25) is 5.91 Å². The van der Waals surface area contributed by atoms with E-state index >= 15 is 0 Å². The summed E-state index contributed by atoms with van der Waals surface area (Å²) in [6.07, 6.45) is 1.87. The number of benzene rings is 2. The van der Waals surface area contributed by atoms with E-state index in [1.807, 2.05) is 66.9 Å². The zero-order valence-electron chi connectivity index (χ0n) is 16.2. The molecule has 152 valence electrons. The van der Waals surface area contributed by atoms with Crippen molar-refractivity contribution in [2.75, 3.05) is 12.9 Å². The Balaban J connectivity index is 1.38. The van der Waals surface area contributed by atoms with Crippen LogP contribution in [0.25, 0.3) is 16.9 Å². The van der Waals surface area contributed by atoms with E-state index in [2.05, 4.69) is 15.4 Å². The predicted octanol–water partition coefficient (Wildman–Crippen LogP) is 4.47. The summed E-state index contributed by atoms with van der Waals surface area (Å²) in [5.74, 6) is 0.988. The van der Waals surface area contributed by atoms with E-state index in [0.29, 0.717) is 11.6 Å². The van der Waals surface area contributed by atoms with Gasteiger partial charge in [-0.05, 0) is 48.0 Å². The van der Waals surface area contributed by atoms with Crippen molar-refractivity contribution in [2.24, 2.45) is 0 Å². The first kappa shape index (κ1) is 20.3. The molecule has 1 N–H and O–H groups in total. The molecule has 1 amide bonds. The molecule has 4 aromatic rings. The van der Waals surface area contributed by atoms with E-state index in [9.17, 15) is 4.79 Å². The van der Waals surface area contributed by atoms with Crippen LogP contribution in [0.15, 0.2) is 71.9 Å². The summed E-state index contributed by atoms with van der Waals surface area (Å²) in [7, 11) is 1.64. The maximum Gasteiger partial charge on any atom is 0.230 e. The Bertz CT molecular complexity index is 1180. The van der Waals surface area contributed by atoms with E-state index in [0.717, 1.165) is 33.2 Å². The summed E-state index contributed by atoms with van der Waals surface area (Å²) < 4.78 is 6.92. The van der Waals surface area contributed by atoms with E-state index in [1.54, 1.807) is 11.6 Å². The van der Waals surface area contributed by atoms with Gasteiger partial charge in [-0.1, -0.05) is 41.6 Å². The first-order valence-electron chi connectivity index (χ1n) is 9.26. The van der Waals surface area contributed by atoms with Gasteiger partial charge in [0.25, 0.3) is 0 Å². The summed E-state index contributed by atoms with van der Waals surface area (Å²) in [4.78, 5) is 16.8. The summed E-state index contributed by atoms with van der Waals surface area (Å²) in [5, 5.41) is 8.82. The number of rotatable bonds is 7. The third kappa shape index (κ3) is 4.75. The van der Waals surface area contributed by atoms with Crippen LogP contribution in [0.2, 0.25) is 5.02 Å². The Kier molecular flexibility index (Phi) is 6.21. The lowest BCUT2D eigenvalue weighted by atomic mass is 10.2. The molecule has 4 rings (SSSR count). The molecule has 0 saturated carbocycles. The molecule has 0 aliphatic heterocycles. The number of carbonyl (C=O) groups excluding carboxylic acids is 1. The van der Waals surface area contributed by atoms with Gasteiger partial charge < -0.3 is 10.1 Å². The average Bonchev–Trinajstić information content (AvgIpc) is 3.20. The minimum absolute atomic E-state index is 0.0774. The lowest BCUT2D eigenvalue weighted by Crippen LogP contribution is -2.24. The summed E-state index contributed by atoms with van der Waals surface area (Å²) in [6, 6.07) is 18.9. The monoisotopic (exact) mass is 438 g/mol. The maximum atomic E-state index is 12.2. The third-order valence-corrected chi connectivity index (χ3v) is 5.76. The molecule has 0 atom stereocenters. The first-order valence-corrected chi connectivity index (χ1v) is 10.6. The molecule has 0 aliphatic rings. The number of fused-ring (bicyclic) bond motifs is 1. The maximum absolute atomic E-state index is 12.2. The summed E-state index contributed by atoms with van der Waals surface area (Å²) in [6.45, 7) is 0.401. The summed E-state index contributed by atoms with van der Waals surface area (Å²) in [5.41, 5.74) is 3.44. The van der Waals surface area contributed by atoms with Crippen LogP contribution in [0.4, 0.5) is 0 Å². The number of amides is 1. The SMILES string of the molecule is COc1ccc(-c2cn3nc(SCC(=O)NCc4ccccc4Cl)ccc3n2)cc1. The van der Waals surface area contributed by atoms with Gasteiger partial charge in [0.05, 0.1) is 24.8 Å². The zero-order chi connectivity index (χ0) is 20.9. The van der Waals surface area contributed by atoms with Gasteiger partial charge in [-0.25, -0.2) is 9.50 Å². The Morgan fingerprint density at radius 1 is 1.13 bits per heavy atom. The molecule has 2 heterocycles. The van der Waals surface area contributed by atoms with Gasteiger partial charge in [0, 0.05) is 17.1 Å². The van der Waals surface area contributed by atoms with Crippen LogP contribution in [0.1, 0.15) is 5.56 Å². The number of nitrogens with one attached hydrogen (secondary N) is 1. The van der Waals surface area contributed by atoms with Gasteiger partial charge in [0.1, 0.15) is 10.8 Å². The second-order valence-corrected chi connectivity index (χ2v) is 7.89. The zero-order valence-corrected chi connectivity index (χ0v) is 17.8. The number of thioether (sulfide) groups is 1. The molecule has 0 aliphatic carbocycles. The number of halogens is 1. The number of hydrogen-bond acceptors (Lipinski definition) is 5. The fraction of sp³-hybridized carbons (Fsp3) is 0.136. The third-order valence-electron chi connectivity index (χ3n) is 4.47. The number of methoxy groups -OCH3 is 1. The number of imidazole rings is 1. The molecular weight excluding hydrogens is 420 g/mol. The lowest BCUT2D eigenvalue weighted by molar-refractivity contribution is -0.118. The van der Waals surface area contributed by atoms with Gasteiger partial charge in [-0.2, -0.15) is 5.10 Å². The second kappa shape index (κ2) is 9.19. The Morgan fingerprint density at radius 3 is 2.70 bits per heavy atom. The standard InChI is InChI=1S/C22H19ClN4O2S/c1-29-17-8-6-15(7-9-17)19-13-27-20(25-19)10-11-22(26-27)30-14-21(28)24-12-16-4-2-3-5-18(16)23/h2-11,13H,12,14H2,1H3,(H,24,28). The number of carbonyl (C=O) groups is 1. The van der Waals surface area contributed by atoms with Crippen molar-refractivity contribution < 1.29 is 9.53 Å². The molecular formula is C22H19ClN4O2S. The summed E-state index contributed by atoms with van der Waals surface area (Å²) >= 11 is 7.49. The molecule has 0 saturated heterocycles. The van der Waals surface area contributed by atoms with Crippen LogP contribution in [-0.4, -0.2) is 33.4 Å². The van der Waals surface area contributed by atoms with Crippen LogP contribution < -0.4 is 10.1 Å². The van der Waals surface area contributed by atoms with E-state index < -0.39 is 0 Å². The topological polar surface area (TPSA) is 68.5 Å². The van der Waals surface area contributed by atoms with Gasteiger partial charge in [-0.15, -0.1) is 0 Å². The molecule has 2 aromatic carbocycles. The van der Waals surface area contributed by atoms with Crippen LogP contribution in [0.3, 0.4) is 0 Å². The minimum Gasteiger partial charge on any atom is -0.497 e. The van der Waals surface area contributed by atoms with Crippen molar-refractivity contribution in [1.29, 1.82) is 0 Å². The average molecular weight is 439 g/mol. The molecule has 0 bridgehead atoms. The number of nitrogens with zero attached hydrogens (tertiary/aromatic N) is 3. The molecule has 0 radical (unpaired) electrons. The normalized spacial score (nSPS) is 10.9. The smallest absolute Gasteiger partial charge is 0.230 e. The quantitative estimate of drug-likeness (QED) is 0.431. The fourth-order valence-electron chi connectivity index (χ4n) is 2.87. The number of hydrogen-bond donors (Lipinski definition) is 1. The Hall–Kier alpha value is -3.03. The van der Waals surface area contributed by atoms with Crippen molar-refractivity contribution in [3.63, 3.8) is 0 Å². The van der Waals surface area contributed by atoms with Crippen molar-refractivity contribution in [3.8, 4) is 17.0 Å². The number of aromatic nitrogens is 3. The van der Waals surface area contributed by atoms with Gasteiger partial charge in [0.15, 0.2) is 5.65 Å². The predicted molar refractivity (Wildman–Crippen MR) is 119 cm³/mol. The molecule has 0 spiro atoms. The lowest BCUT2D eigenvalue weighted by Gasteiger charge is -2.06. The highest BCUT2D eigenvalue weighted by molar-refractivity contribution is 7.99. The van der Waals surface area contributed by atoms with Crippen molar-refractivity contribution in [3.05, 3.63) is 77.4 Å². The van der Waals surface area contributed by atoms with Crippen LogP contribution in [0.5, 0.6) is 5.75 Å². The van der Waals surface area contributed by atoms with Gasteiger partial charge in [-0.3, -0.25) is 4.79 Å². The van der Waals surface area contributed by atoms with E-state index in [4.69, 9.17) is 16.3 Å². The highest BCUT2D eigenvalue weighted by atomic mass is 35.5. The largest absolute Gasteiger partial charge is 0.497 e. The van der Waals surface area contributed by atoms with Crippen molar-refractivity contribution in [2.45, 2.75) is 11.6 Å². The fourth-order valence-corrected chi connectivity index (χ4v) is 3.76. The molecule has 6 nitrogen and oxygen atoms in total. The molecule has 2 aromatic heterocycles. The van der Waals surface area contributed by atoms with Gasteiger partial charge >= 0.3 is 0 Å². The number of ether oxygens (including phenoxy) is 1. The highest BCUT2D eigenvalue weighted by Gasteiger charge is 2.09.